The molecule has 33 heavy (non-hydrogen) atoms. The third kappa shape index (κ3) is 7.34. The van der Waals surface area contributed by atoms with Gasteiger partial charge in [-0.05, 0) is 44.5 Å². The van der Waals surface area contributed by atoms with Crippen molar-refractivity contribution < 1.29 is 28.6 Å². The van der Waals surface area contributed by atoms with E-state index in [0.29, 0.717) is 30.3 Å². The zero-order chi connectivity index (χ0) is 23.8. The molecule has 1 aliphatic rings. The van der Waals surface area contributed by atoms with Crippen molar-refractivity contribution in [2.75, 3.05) is 13.2 Å². The fourth-order valence-electron chi connectivity index (χ4n) is 3.50. The Morgan fingerprint density at radius 1 is 0.970 bits per heavy atom. The predicted molar refractivity (Wildman–Crippen MR) is 124 cm³/mol. The van der Waals surface area contributed by atoms with Crippen LogP contribution in [0.2, 0.25) is 0 Å². The minimum atomic E-state index is -0.530. The molecule has 0 unspecified atom stereocenters. The number of Topliss-reactive ketones (excluding diaryl/α,β-unsaturated/α-hetero) is 1. The van der Waals surface area contributed by atoms with Crippen molar-refractivity contribution in [1.82, 2.24) is 5.32 Å². The largest absolute Gasteiger partial charge is 0.490 e. The number of nitrogens with one attached hydrogen (secondary N) is 1. The lowest BCUT2D eigenvalue weighted by Crippen LogP contribution is -2.31. The molecule has 7 heteroatoms. The highest BCUT2D eigenvalue weighted by Gasteiger charge is 2.21. The van der Waals surface area contributed by atoms with Gasteiger partial charge in [0.2, 0.25) is 5.91 Å². The lowest BCUT2D eigenvalue weighted by Gasteiger charge is -2.19. The van der Waals surface area contributed by atoms with Gasteiger partial charge in [0, 0.05) is 24.8 Å². The molecule has 0 bridgehead atoms. The van der Waals surface area contributed by atoms with Crippen LogP contribution in [0.25, 0.3) is 0 Å². The molecule has 0 radical (unpaired) electrons. The van der Waals surface area contributed by atoms with E-state index in [4.69, 9.17) is 14.2 Å². The maximum Gasteiger partial charge on any atom is 0.308 e. The summed E-state index contributed by atoms with van der Waals surface area (Å²) in [4.78, 5) is 37.5. The Bertz CT molecular complexity index is 983. The number of aryl methyl sites for hydroxylation is 1. The predicted octanol–water partition coefficient (Wildman–Crippen LogP) is 4.32. The minimum absolute atomic E-state index is 0.00879. The molecule has 176 valence electrons. The Balaban J connectivity index is 1.61. The van der Waals surface area contributed by atoms with E-state index in [1.54, 1.807) is 32.0 Å². The van der Waals surface area contributed by atoms with Gasteiger partial charge in [0.05, 0.1) is 31.8 Å². The average Bonchev–Trinajstić information content (AvgIpc) is 3.02. The van der Waals surface area contributed by atoms with Crippen LogP contribution >= 0.6 is 0 Å². The number of carbonyl (C=O) groups is 3. The first-order chi connectivity index (χ1) is 15.8. The molecule has 0 aromatic heterocycles. The summed E-state index contributed by atoms with van der Waals surface area (Å²) in [6.07, 6.45) is 0.616. The van der Waals surface area contributed by atoms with Gasteiger partial charge < -0.3 is 19.5 Å². The number of benzene rings is 2. The second-order valence-corrected chi connectivity index (χ2v) is 8.41. The molecule has 0 spiro atoms. The average molecular weight is 454 g/mol. The molecule has 0 saturated heterocycles. The highest BCUT2D eigenvalue weighted by molar-refractivity contribution is 5.98. The van der Waals surface area contributed by atoms with Gasteiger partial charge in [-0.2, -0.15) is 0 Å². The topological polar surface area (TPSA) is 90.9 Å². The smallest absolute Gasteiger partial charge is 0.308 e. The highest BCUT2D eigenvalue weighted by Crippen LogP contribution is 2.31. The van der Waals surface area contributed by atoms with E-state index in [1.165, 1.54) is 0 Å². The first kappa shape index (κ1) is 24.3. The monoisotopic (exact) mass is 453 g/mol. The molecule has 1 atom stereocenters. The van der Waals surface area contributed by atoms with Crippen molar-refractivity contribution in [2.45, 2.75) is 58.6 Å². The van der Waals surface area contributed by atoms with E-state index in [1.807, 2.05) is 31.2 Å². The Morgan fingerprint density at radius 3 is 2.36 bits per heavy atom. The number of esters is 1. The van der Waals surface area contributed by atoms with Crippen LogP contribution in [0.5, 0.6) is 11.5 Å². The summed E-state index contributed by atoms with van der Waals surface area (Å²) in [6.45, 7) is 6.64. The van der Waals surface area contributed by atoms with E-state index < -0.39 is 6.04 Å². The number of ether oxygens (including phenoxy) is 3. The Morgan fingerprint density at radius 2 is 1.67 bits per heavy atom. The number of rotatable bonds is 9. The number of amides is 1. The van der Waals surface area contributed by atoms with Crippen LogP contribution in [0, 0.1) is 6.92 Å². The molecule has 0 aliphatic carbocycles. The Labute approximate surface area is 194 Å². The molecule has 2 aromatic rings. The maximum atomic E-state index is 12.7. The second kappa shape index (κ2) is 11.5. The summed E-state index contributed by atoms with van der Waals surface area (Å²) >= 11 is 0. The third-order valence-electron chi connectivity index (χ3n) is 5.20. The van der Waals surface area contributed by atoms with Crippen LogP contribution in [0.15, 0.2) is 42.5 Å². The SMILES string of the molecule is Cc1ccc([C@H](CC(=O)OC(C)C)NC(=O)CCC(=O)c2ccc3c(c2)OCCCO3)cc1. The number of hydrogen-bond donors (Lipinski definition) is 1. The van der Waals surface area contributed by atoms with Crippen LogP contribution < -0.4 is 14.8 Å². The summed E-state index contributed by atoms with van der Waals surface area (Å²) in [7, 11) is 0. The fourth-order valence-corrected chi connectivity index (χ4v) is 3.50. The maximum absolute atomic E-state index is 12.7. The van der Waals surface area contributed by atoms with Gasteiger partial charge in [0.15, 0.2) is 17.3 Å². The molecule has 0 saturated carbocycles. The van der Waals surface area contributed by atoms with Crippen LogP contribution in [-0.2, 0) is 14.3 Å². The Kier molecular flexibility index (Phi) is 8.46. The Hall–Kier alpha value is -3.35. The van der Waals surface area contributed by atoms with E-state index >= 15 is 0 Å². The zero-order valence-corrected chi connectivity index (χ0v) is 19.4. The van der Waals surface area contributed by atoms with Crippen molar-refractivity contribution in [3.63, 3.8) is 0 Å². The van der Waals surface area contributed by atoms with Gasteiger partial charge in [0.25, 0.3) is 0 Å². The van der Waals surface area contributed by atoms with Gasteiger partial charge in [-0.1, -0.05) is 29.8 Å². The molecule has 1 N–H and O–H groups in total. The van der Waals surface area contributed by atoms with Crippen molar-refractivity contribution in [3.05, 3.63) is 59.2 Å². The van der Waals surface area contributed by atoms with Gasteiger partial charge in [-0.3, -0.25) is 14.4 Å². The fraction of sp³-hybridized carbons (Fsp3) is 0.423. The summed E-state index contributed by atoms with van der Waals surface area (Å²) < 4.78 is 16.5. The van der Waals surface area contributed by atoms with E-state index in [9.17, 15) is 14.4 Å². The molecule has 1 amide bonds. The molecule has 1 aliphatic heterocycles. The third-order valence-corrected chi connectivity index (χ3v) is 5.20. The summed E-state index contributed by atoms with van der Waals surface area (Å²) in [5.41, 5.74) is 2.36. The van der Waals surface area contributed by atoms with Crippen molar-refractivity contribution in [2.24, 2.45) is 0 Å². The molecule has 0 fully saturated rings. The van der Waals surface area contributed by atoms with E-state index in [0.717, 1.165) is 17.5 Å². The van der Waals surface area contributed by atoms with Crippen molar-refractivity contribution >= 4 is 17.7 Å². The first-order valence-electron chi connectivity index (χ1n) is 11.3. The highest BCUT2D eigenvalue weighted by atomic mass is 16.5. The zero-order valence-electron chi connectivity index (χ0n) is 19.4. The van der Waals surface area contributed by atoms with Gasteiger partial charge in [0.1, 0.15) is 0 Å². The minimum Gasteiger partial charge on any atom is -0.490 e. The van der Waals surface area contributed by atoms with Crippen LogP contribution in [0.4, 0.5) is 0 Å². The second-order valence-electron chi connectivity index (χ2n) is 8.41. The van der Waals surface area contributed by atoms with Gasteiger partial charge >= 0.3 is 5.97 Å². The normalized spacial score (nSPS) is 13.7. The van der Waals surface area contributed by atoms with Crippen molar-refractivity contribution in [1.29, 1.82) is 0 Å². The number of ketones is 1. The lowest BCUT2D eigenvalue weighted by atomic mass is 10.0. The van der Waals surface area contributed by atoms with Crippen LogP contribution in [0.3, 0.4) is 0 Å². The number of hydrogen-bond acceptors (Lipinski definition) is 6. The van der Waals surface area contributed by atoms with Crippen molar-refractivity contribution in [3.8, 4) is 11.5 Å². The van der Waals surface area contributed by atoms with Gasteiger partial charge in [-0.15, -0.1) is 0 Å². The quantitative estimate of drug-likeness (QED) is 0.449. The first-order valence-corrected chi connectivity index (χ1v) is 11.3. The molecule has 7 nitrogen and oxygen atoms in total. The summed E-state index contributed by atoms with van der Waals surface area (Å²) in [5, 5.41) is 2.89. The number of fused-ring (bicyclic) bond motifs is 1. The molecular weight excluding hydrogens is 422 g/mol. The molecule has 3 rings (SSSR count). The molecular formula is C26H31NO6. The van der Waals surface area contributed by atoms with Crippen LogP contribution in [0.1, 0.15) is 67.1 Å². The summed E-state index contributed by atoms with van der Waals surface area (Å²) in [5.74, 6) is 0.314. The van der Waals surface area contributed by atoms with E-state index in [-0.39, 0.29) is 43.0 Å². The molecule has 2 aromatic carbocycles. The number of carbonyl (C=O) groups excluding carboxylic acids is 3. The van der Waals surface area contributed by atoms with Crippen LogP contribution in [-0.4, -0.2) is 37.0 Å². The van der Waals surface area contributed by atoms with E-state index in [2.05, 4.69) is 5.32 Å². The molecule has 1 heterocycles. The van der Waals surface area contributed by atoms with Gasteiger partial charge in [-0.25, -0.2) is 0 Å². The summed E-state index contributed by atoms with van der Waals surface area (Å²) in [6, 6.07) is 12.2. The standard InChI is InChI=1S/C26H31NO6/c1-17(2)33-26(30)16-21(19-7-5-18(3)6-8-19)27-25(29)12-10-22(28)20-9-11-23-24(15-20)32-14-4-13-31-23/h5-9,11,15,17,21H,4,10,12-14,16H2,1-3H3,(H,27,29)/t21-/m0/s1. The lowest BCUT2D eigenvalue weighted by molar-refractivity contribution is -0.148.